The summed E-state index contributed by atoms with van der Waals surface area (Å²) < 4.78 is 3.26. The molecule has 0 aliphatic heterocycles. The molecule has 1 saturated carbocycles. The Hall–Kier alpha value is -1.01. The fourth-order valence-electron chi connectivity index (χ4n) is 2.70. The van der Waals surface area contributed by atoms with Crippen LogP contribution < -0.4 is 5.32 Å². The third kappa shape index (κ3) is 5.24. The highest BCUT2D eigenvalue weighted by Gasteiger charge is 2.28. The summed E-state index contributed by atoms with van der Waals surface area (Å²) in [7, 11) is 6.39. The van der Waals surface area contributed by atoms with E-state index in [0.29, 0.717) is 6.04 Å². The molecule has 0 bridgehead atoms. The van der Waals surface area contributed by atoms with Crippen molar-refractivity contribution in [1.29, 1.82) is 0 Å². The number of nitrogens with one attached hydrogen (secondary N) is 1. The number of aliphatic imine (C=N–C) groups is 1. The van der Waals surface area contributed by atoms with Crippen LogP contribution in [0.25, 0.3) is 0 Å². The van der Waals surface area contributed by atoms with Crippen molar-refractivity contribution >= 4 is 21.9 Å². The molecular formula is C17H30BrN5. The number of rotatable bonds is 7. The molecule has 5 nitrogen and oxygen atoms in total. The number of aromatic nitrogens is 1. The van der Waals surface area contributed by atoms with Gasteiger partial charge in [-0.25, -0.2) is 0 Å². The van der Waals surface area contributed by atoms with Gasteiger partial charge in [-0.2, -0.15) is 0 Å². The predicted molar refractivity (Wildman–Crippen MR) is 101 cm³/mol. The maximum Gasteiger partial charge on any atom is 0.194 e. The van der Waals surface area contributed by atoms with Gasteiger partial charge in [0.05, 0.1) is 13.1 Å². The lowest BCUT2D eigenvalue weighted by atomic mass is 10.3. The third-order valence-corrected chi connectivity index (χ3v) is 4.93. The Morgan fingerprint density at radius 2 is 2.17 bits per heavy atom. The van der Waals surface area contributed by atoms with Gasteiger partial charge in [-0.1, -0.05) is 0 Å². The van der Waals surface area contributed by atoms with Crippen LogP contribution in [0.1, 0.15) is 32.4 Å². The number of likely N-dealkylation sites (N-methyl/N-ethyl adjacent to an activating group) is 1. The van der Waals surface area contributed by atoms with Gasteiger partial charge in [0.25, 0.3) is 0 Å². The van der Waals surface area contributed by atoms with Crippen LogP contribution in [-0.2, 0) is 13.6 Å². The molecule has 0 saturated heterocycles. The predicted octanol–water partition coefficient (Wildman–Crippen LogP) is 2.67. The summed E-state index contributed by atoms with van der Waals surface area (Å²) >= 11 is 3.54. The van der Waals surface area contributed by atoms with E-state index in [1.54, 1.807) is 0 Å². The number of nitrogens with zero attached hydrogens (tertiary/aromatic N) is 4. The molecule has 0 aromatic carbocycles. The Bertz CT molecular complexity index is 535. The summed E-state index contributed by atoms with van der Waals surface area (Å²) in [6.45, 7) is 6.92. The van der Waals surface area contributed by atoms with Crippen molar-refractivity contribution in [3.05, 3.63) is 22.4 Å². The van der Waals surface area contributed by atoms with E-state index in [-0.39, 0.29) is 0 Å². The highest BCUT2D eigenvalue weighted by molar-refractivity contribution is 9.10. The molecule has 1 aromatic heterocycles. The number of hydrogen-bond acceptors (Lipinski definition) is 2. The molecule has 1 unspecified atom stereocenters. The minimum absolute atomic E-state index is 0.480. The van der Waals surface area contributed by atoms with Crippen molar-refractivity contribution < 1.29 is 0 Å². The first-order valence-electron chi connectivity index (χ1n) is 8.44. The second kappa shape index (κ2) is 8.20. The molecule has 6 heteroatoms. The van der Waals surface area contributed by atoms with Gasteiger partial charge in [0.15, 0.2) is 5.96 Å². The summed E-state index contributed by atoms with van der Waals surface area (Å²) in [5, 5.41) is 3.40. The van der Waals surface area contributed by atoms with Crippen molar-refractivity contribution in [2.45, 2.75) is 45.3 Å². The van der Waals surface area contributed by atoms with Crippen molar-refractivity contribution in [2.75, 3.05) is 27.2 Å². The Morgan fingerprint density at radius 3 is 2.70 bits per heavy atom. The Kier molecular flexibility index (Phi) is 6.53. The lowest BCUT2D eigenvalue weighted by molar-refractivity contribution is 0.252. The van der Waals surface area contributed by atoms with Gasteiger partial charge >= 0.3 is 0 Å². The third-order valence-electron chi connectivity index (χ3n) is 4.49. The lowest BCUT2D eigenvalue weighted by Gasteiger charge is -2.25. The zero-order chi connectivity index (χ0) is 17.0. The van der Waals surface area contributed by atoms with Crippen LogP contribution in [0.4, 0.5) is 0 Å². The molecule has 1 aliphatic carbocycles. The second-order valence-electron chi connectivity index (χ2n) is 6.56. The first-order chi connectivity index (χ1) is 10.9. The van der Waals surface area contributed by atoms with E-state index in [1.807, 2.05) is 0 Å². The topological polar surface area (TPSA) is 35.8 Å². The van der Waals surface area contributed by atoms with Crippen LogP contribution in [0.5, 0.6) is 0 Å². The summed E-state index contributed by atoms with van der Waals surface area (Å²) in [5.41, 5.74) is 1.26. The summed E-state index contributed by atoms with van der Waals surface area (Å²) in [6, 6.07) is 3.42. The van der Waals surface area contributed by atoms with Crippen molar-refractivity contribution in [3.63, 3.8) is 0 Å². The monoisotopic (exact) mass is 383 g/mol. The molecule has 130 valence electrons. The molecule has 1 fully saturated rings. The normalized spacial score (nSPS) is 16.7. The second-order valence-corrected chi connectivity index (χ2v) is 7.47. The number of halogens is 1. The van der Waals surface area contributed by atoms with Gasteiger partial charge in [-0.05, 0) is 55.7 Å². The summed E-state index contributed by atoms with van der Waals surface area (Å²) in [4.78, 5) is 9.50. The highest BCUT2D eigenvalue weighted by atomic mass is 79.9. The van der Waals surface area contributed by atoms with E-state index < -0.39 is 0 Å². The Labute approximate surface area is 148 Å². The Balaban J connectivity index is 1.97. The zero-order valence-corrected chi connectivity index (χ0v) is 16.6. The average Bonchev–Trinajstić information content (AvgIpc) is 3.29. The SMILES string of the molecule is CCNC(=NCC(C)N(C)C1CC1)N(C)Cc1cc(Br)cn1C. The van der Waals surface area contributed by atoms with Crippen molar-refractivity contribution in [2.24, 2.45) is 12.0 Å². The van der Waals surface area contributed by atoms with E-state index in [1.165, 1.54) is 18.5 Å². The van der Waals surface area contributed by atoms with Crippen LogP contribution in [0, 0.1) is 0 Å². The van der Waals surface area contributed by atoms with Crippen LogP contribution >= 0.6 is 15.9 Å². The minimum Gasteiger partial charge on any atom is -0.357 e. The van der Waals surface area contributed by atoms with E-state index in [0.717, 1.165) is 36.1 Å². The van der Waals surface area contributed by atoms with Gasteiger partial charge in [0.2, 0.25) is 0 Å². The van der Waals surface area contributed by atoms with E-state index in [9.17, 15) is 0 Å². The number of hydrogen-bond donors (Lipinski definition) is 1. The molecule has 0 amide bonds. The van der Waals surface area contributed by atoms with Gasteiger partial charge in [-0.15, -0.1) is 0 Å². The van der Waals surface area contributed by atoms with Crippen LogP contribution in [0.3, 0.4) is 0 Å². The quantitative estimate of drug-likeness (QED) is 0.580. The van der Waals surface area contributed by atoms with Crippen LogP contribution in [-0.4, -0.2) is 59.6 Å². The molecule has 1 aliphatic rings. The molecule has 1 heterocycles. The maximum absolute atomic E-state index is 4.85. The number of aryl methyl sites for hydroxylation is 1. The van der Waals surface area contributed by atoms with E-state index >= 15 is 0 Å². The van der Waals surface area contributed by atoms with Gasteiger partial charge < -0.3 is 14.8 Å². The highest BCUT2D eigenvalue weighted by Crippen LogP contribution is 2.26. The molecule has 1 atom stereocenters. The Morgan fingerprint density at radius 1 is 1.48 bits per heavy atom. The molecule has 1 aromatic rings. The summed E-state index contributed by atoms with van der Waals surface area (Å²) in [5.74, 6) is 0.973. The summed E-state index contributed by atoms with van der Waals surface area (Å²) in [6.07, 6.45) is 4.76. The smallest absolute Gasteiger partial charge is 0.194 e. The first kappa shape index (κ1) is 18.3. The van der Waals surface area contributed by atoms with E-state index in [4.69, 9.17) is 4.99 Å². The lowest BCUT2D eigenvalue weighted by Crippen LogP contribution is -2.40. The first-order valence-corrected chi connectivity index (χ1v) is 9.23. The number of guanidine groups is 1. The van der Waals surface area contributed by atoms with E-state index in [2.05, 4.69) is 82.9 Å². The minimum atomic E-state index is 0.480. The fraction of sp³-hybridized carbons (Fsp3) is 0.706. The van der Waals surface area contributed by atoms with Crippen LogP contribution in [0.2, 0.25) is 0 Å². The van der Waals surface area contributed by atoms with Crippen molar-refractivity contribution in [3.8, 4) is 0 Å². The maximum atomic E-state index is 4.85. The molecular weight excluding hydrogens is 354 g/mol. The fourth-order valence-corrected chi connectivity index (χ4v) is 3.27. The molecule has 1 N–H and O–H groups in total. The van der Waals surface area contributed by atoms with Crippen molar-refractivity contribution in [1.82, 2.24) is 19.7 Å². The molecule has 0 radical (unpaired) electrons. The standard InChI is InChI=1S/C17H30BrN5/c1-6-19-17(20-10-13(2)23(5)15-7-8-15)22(4)12-16-9-14(18)11-21(16)3/h9,11,13,15H,6-8,10,12H2,1-5H3,(H,19,20). The van der Waals surface area contributed by atoms with Gasteiger partial charge in [-0.3, -0.25) is 9.89 Å². The molecule has 0 spiro atoms. The largest absolute Gasteiger partial charge is 0.357 e. The molecule has 23 heavy (non-hydrogen) atoms. The average molecular weight is 384 g/mol. The van der Waals surface area contributed by atoms with Gasteiger partial charge in [0.1, 0.15) is 0 Å². The van der Waals surface area contributed by atoms with Crippen LogP contribution in [0.15, 0.2) is 21.7 Å². The molecule has 2 rings (SSSR count). The van der Waals surface area contributed by atoms with Gasteiger partial charge in [0, 0.05) is 49.1 Å². The zero-order valence-electron chi connectivity index (χ0n) is 15.0.